The summed E-state index contributed by atoms with van der Waals surface area (Å²) < 4.78 is 0. The second-order valence-corrected chi connectivity index (χ2v) is 2.39. The first-order valence-electron chi connectivity index (χ1n) is 1.98. The molecule has 0 spiro atoms. The van der Waals surface area contributed by atoms with E-state index in [1.807, 2.05) is 0 Å². The van der Waals surface area contributed by atoms with Crippen molar-refractivity contribution < 1.29 is 90.4 Å². The Kier molecular flexibility index (Phi) is 12.7. The number of aliphatic carboxylic acids is 2. The molecule has 5 N–H and O–H groups in total. The van der Waals surface area contributed by atoms with Crippen molar-refractivity contribution in [2.45, 2.75) is 0 Å². The third-order valence-corrected chi connectivity index (χ3v) is 0.175. The molecule has 0 radical (unpaired) electrons. The van der Waals surface area contributed by atoms with Gasteiger partial charge in [-0.15, -0.1) is 0 Å². The maximum atomic E-state index is 9.04. The average Bonchev–Trinajstić information content (AvgIpc) is 1.59. The van der Waals surface area contributed by atoms with Gasteiger partial charge in [-0.2, -0.15) is 0 Å². The Morgan fingerprint density at radius 3 is 1.17 bits per heavy atom. The van der Waals surface area contributed by atoms with Crippen LogP contribution in [-0.2, 0) is 9.59 Å². The Morgan fingerprint density at radius 1 is 1.08 bits per heavy atom. The zero-order valence-electron chi connectivity index (χ0n) is 5.96. The minimum atomic E-state index is -4.61. The molecule has 12 heavy (non-hydrogen) atoms. The molecule has 0 aliphatic carbocycles. The molecule has 0 heterocycles. The van der Waals surface area contributed by atoms with E-state index >= 15 is 0 Å². The first-order valence-corrected chi connectivity index (χ1v) is 3.77. The SMILES string of the molecule is O=C([O-])C(=O)O.O[Si](O)(O)O.[K+]. The van der Waals surface area contributed by atoms with Gasteiger partial charge in [-0.1, -0.05) is 0 Å². The number of carboxylic acids is 2. The predicted molar refractivity (Wildman–Crippen MR) is 27.3 cm³/mol. The van der Waals surface area contributed by atoms with E-state index in [1.54, 1.807) is 0 Å². The standard InChI is InChI=1S/C2H2O4.K.H4O4Si/c3-1(4)2(5)6;;1-5(2,3)4/h(H,3,4)(H,5,6);;1-4H/q;+1;/p-1. The molecule has 0 saturated carbocycles. The molecule has 0 aromatic rings. The zero-order valence-corrected chi connectivity index (χ0v) is 10.1. The minimum Gasteiger partial charge on any atom is -0.539 e. The van der Waals surface area contributed by atoms with E-state index in [0.717, 1.165) is 0 Å². The van der Waals surface area contributed by atoms with E-state index < -0.39 is 21.0 Å². The monoisotopic (exact) mass is 224 g/mol. The number of carbonyl (C=O) groups excluding carboxylic acids is 1. The van der Waals surface area contributed by atoms with Crippen LogP contribution >= 0.6 is 0 Å². The van der Waals surface area contributed by atoms with Crippen LogP contribution in [0.4, 0.5) is 0 Å². The third kappa shape index (κ3) is 46.0. The molecule has 0 fully saturated rings. The topological polar surface area (TPSA) is 158 Å². The van der Waals surface area contributed by atoms with Crippen molar-refractivity contribution in [2.24, 2.45) is 0 Å². The summed E-state index contributed by atoms with van der Waals surface area (Å²) in [5, 5.41) is 16.3. The summed E-state index contributed by atoms with van der Waals surface area (Å²) in [6, 6.07) is 0. The van der Waals surface area contributed by atoms with Gasteiger partial charge in [-0.3, -0.25) is 0 Å². The van der Waals surface area contributed by atoms with Crippen LogP contribution in [0.5, 0.6) is 0 Å². The fourth-order valence-corrected chi connectivity index (χ4v) is 0. The van der Waals surface area contributed by atoms with Crippen LogP contribution in [0, 0.1) is 0 Å². The molecule has 8 nitrogen and oxygen atoms in total. The zero-order chi connectivity index (χ0) is 9.65. The molecule has 0 rings (SSSR count). The minimum absolute atomic E-state index is 0. The number of hydrogen-bond donors (Lipinski definition) is 5. The fourth-order valence-electron chi connectivity index (χ4n) is 0. The molecule has 0 aromatic carbocycles. The maximum Gasteiger partial charge on any atom is 1.00 e. The van der Waals surface area contributed by atoms with Crippen LogP contribution in [0.15, 0.2) is 0 Å². The van der Waals surface area contributed by atoms with Gasteiger partial charge < -0.3 is 34.2 Å². The van der Waals surface area contributed by atoms with Gasteiger partial charge in [0.25, 0.3) is 0 Å². The largest absolute Gasteiger partial charge is 1.00 e. The second-order valence-electron chi connectivity index (χ2n) is 1.19. The van der Waals surface area contributed by atoms with Gasteiger partial charge in [0.1, 0.15) is 0 Å². The third-order valence-electron chi connectivity index (χ3n) is 0.175. The smallest absolute Gasteiger partial charge is 0.539 e. The van der Waals surface area contributed by atoms with Gasteiger partial charge in [0.2, 0.25) is 0 Å². The van der Waals surface area contributed by atoms with Gasteiger partial charge in [0, 0.05) is 0 Å². The van der Waals surface area contributed by atoms with Gasteiger partial charge in [-0.05, 0) is 0 Å². The van der Waals surface area contributed by atoms with Crippen LogP contribution in [0.3, 0.4) is 0 Å². The van der Waals surface area contributed by atoms with Crippen molar-refractivity contribution in [3.8, 4) is 0 Å². The van der Waals surface area contributed by atoms with Crippen LogP contribution in [0.2, 0.25) is 0 Å². The Bertz CT molecular complexity index is 132. The summed E-state index contributed by atoms with van der Waals surface area (Å²) in [4.78, 5) is 47.3. The number of carboxylic acid groups (broad SMARTS) is 2. The second kappa shape index (κ2) is 8.24. The summed E-state index contributed by atoms with van der Waals surface area (Å²) in [7, 11) is -4.61. The molecular weight excluding hydrogens is 219 g/mol. The molecule has 0 aliphatic rings. The summed E-state index contributed by atoms with van der Waals surface area (Å²) in [6.07, 6.45) is 0. The summed E-state index contributed by atoms with van der Waals surface area (Å²) >= 11 is 0. The number of rotatable bonds is 0. The molecular formula is C2H5KO8Si. The van der Waals surface area contributed by atoms with Crippen LogP contribution in [-0.4, -0.2) is 45.3 Å². The molecule has 0 atom stereocenters. The molecule has 0 saturated heterocycles. The Labute approximate surface area is 110 Å². The van der Waals surface area contributed by atoms with E-state index in [-0.39, 0.29) is 51.4 Å². The quantitative estimate of drug-likeness (QED) is 0.200. The summed E-state index contributed by atoms with van der Waals surface area (Å²) in [5.41, 5.74) is 0. The van der Waals surface area contributed by atoms with E-state index in [9.17, 15) is 0 Å². The Hall–Kier alpha value is 0.633. The predicted octanol–water partition coefficient (Wildman–Crippen LogP) is -7.78. The molecule has 0 amide bonds. The van der Waals surface area contributed by atoms with Gasteiger partial charge in [0.15, 0.2) is 5.97 Å². The van der Waals surface area contributed by atoms with Crippen molar-refractivity contribution in [1.82, 2.24) is 0 Å². The van der Waals surface area contributed by atoms with Gasteiger partial charge in [-0.25, -0.2) is 4.79 Å². The van der Waals surface area contributed by atoms with Crippen molar-refractivity contribution in [3.63, 3.8) is 0 Å². The Balaban J connectivity index is -0.000000126. The maximum absolute atomic E-state index is 9.04. The molecule has 0 aromatic heterocycles. The van der Waals surface area contributed by atoms with E-state index in [1.165, 1.54) is 0 Å². The van der Waals surface area contributed by atoms with Crippen molar-refractivity contribution in [1.29, 1.82) is 0 Å². The number of carbonyl (C=O) groups is 2. The first-order chi connectivity index (χ1) is 4.64. The molecule has 10 heteroatoms. The number of hydrogen-bond acceptors (Lipinski definition) is 7. The van der Waals surface area contributed by atoms with Crippen LogP contribution in [0.25, 0.3) is 0 Å². The van der Waals surface area contributed by atoms with Crippen molar-refractivity contribution >= 4 is 21.0 Å². The van der Waals surface area contributed by atoms with E-state index in [2.05, 4.69) is 0 Å². The normalized spacial score (nSPS) is 8.67. The fraction of sp³-hybridized carbons (Fsp3) is 0. The van der Waals surface area contributed by atoms with E-state index in [4.69, 9.17) is 39.0 Å². The Morgan fingerprint density at radius 2 is 1.17 bits per heavy atom. The van der Waals surface area contributed by atoms with Gasteiger partial charge >= 0.3 is 66.4 Å². The molecule has 0 bridgehead atoms. The summed E-state index contributed by atoms with van der Waals surface area (Å²) in [6.45, 7) is 0. The van der Waals surface area contributed by atoms with E-state index in [0.29, 0.717) is 0 Å². The van der Waals surface area contributed by atoms with Crippen LogP contribution < -0.4 is 56.5 Å². The molecule has 66 valence electrons. The molecule has 0 aliphatic heterocycles. The van der Waals surface area contributed by atoms with Gasteiger partial charge in [0.05, 0.1) is 0 Å². The molecule has 0 unspecified atom stereocenters. The van der Waals surface area contributed by atoms with Crippen molar-refractivity contribution in [3.05, 3.63) is 0 Å². The summed E-state index contributed by atoms with van der Waals surface area (Å²) in [5.74, 6) is -4.01. The van der Waals surface area contributed by atoms with Crippen molar-refractivity contribution in [2.75, 3.05) is 0 Å². The van der Waals surface area contributed by atoms with Crippen LogP contribution in [0.1, 0.15) is 0 Å². The first kappa shape index (κ1) is 18.4. The average molecular weight is 224 g/mol.